The molecular formula is C15H14BrNO. The summed E-state index contributed by atoms with van der Waals surface area (Å²) in [6.45, 7) is 3.97. The lowest BCUT2D eigenvalue weighted by Crippen LogP contribution is -2.04. The van der Waals surface area contributed by atoms with Gasteiger partial charge in [-0.3, -0.25) is 4.79 Å². The summed E-state index contributed by atoms with van der Waals surface area (Å²) in [5.74, 6) is 0.0215. The Labute approximate surface area is 115 Å². The average molecular weight is 304 g/mol. The molecule has 2 N–H and O–H groups in total. The third-order valence-corrected chi connectivity index (χ3v) is 3.58. The Morgan fingerprint density at radius 2 is 1.83 bits per heavy atom. The van der Waals surface area contributed by atoms with Crippen LogP contribution in [0.2, 0.25) is 0 Å². The van der Waals surface area contributed by atoms with E-state index in [0.29, 0.717) is 11.3 Å². The number of nitrogen functional groups attached to an aromatic ring is 1. The topological polar surface area (TPSA) is 43.1 Å². The van der Waals surface area contributed by atoms with Gasteiger partial charge in [0, 0.05) is 21.3 Å². The second-order valence-corrected chi connectivity index (χ2v) is 5.24. The van der Waals surface area contributed by atoms with Gasteiger partial charge in [0.2, 0.25) is 0 Å². The molecule has 92 valence electrons. The van der Waals surface area contributed by atoms with Gasteiger partial charge in [-0.25, -0.2) is 0 Å². The van der Waals surface area contributed by atoms with Crippen molar-refractivity contribution in [3.63, 3.8) is 0 Å². The van der Waals surface area contributed by atoms with Crippen molar-refractivity contribution < 1.29 is 4.79 Å². The molecule has 0 saturated carbocycles. The van der Waals surface area contributed by atoms with Crippen molar-refractivity contribution in [2.24, 2.45) is 0 Å². The lowest BCUT2D eigenvalue weighted by Gasteiger charge is -2.07. The van der Waals surface area contributed by atoms with Crippen LogP contribution in [0, 0.1) is 13.8 Å². The Hall–Kier alpha value is -1.61. The Morgan fingerprint density at radius 3 is 2.44 bits per heavy atom. The van der Waals surface area contributed by atoms with Crippen LogP contribution < -0.4 is 5.73 Å². The molecule has 0 bridgehead atoms. The first-order valence-electron chi connectivity index (χ1n) is 5.66. The number of halogens is 1. The molecule has 0 unspecified atom stereocenters. The van der Waals surface area contributed by atoms with Crippen LogP contribution in [0.15, 0.2) is 40.9 Å². The van der Waals surface area contributed by atoms with Crippen LogP contribution in [0.3, 0.4) is 0 Å². The van der Waals surface area contributed by atoms with Crippen molar-refractivity contribution in [2.45, 2.75) is 13.8 Å². The monoisotopic (exact) mass is 303 g/mol. The first-order chi connectivity index (χ1) is 8.49. The van der Waals surface area contributed by atoms with Gasteiger partial charge in [-0.05, 0) is 53.5 Å². The number of anilines is 1. The summed E-state index contributed by atoms with van der Waals surface area (Å²) in [4.78, 5) is 12.4. The summed E-state index contributed by atoms with van der Waals surface area (Å²) in [7, 11) is 0. The molecule has 0 aliphatic heterocycles. The zero-order valence-electron chi connectivity index (χ0n) is 10.3. The van der Waals surface area contributed by atoms with Gasteiger partial charge in [0.05, 0.1) is 0 Å². The quantitative estimate of drug-likeness (QED) is 0.676. The van der Waals surface area contributed by atoms with Crippen molar-refractivity contribution in [2.75, 3.05) is 5.73 Å². The summed E-state index contributed by atoms with van der Waals surface area (Å²) in [6.07, 6.45) is 0. The van der Waals surface area contributed by atoms with Crippen LogP contribution in [0.25, 0.3) is 0 Å². The number of aryl methyl sites for hydroxylation is 2. The van der Waals surface area contributed by atoms with Crippen molar-refractivity contribution in [3.05, 3.63) is 63.1 Å². The maximum atomic E-state index is 12.4. The zero-order valence-corrected chi connectivity index (χ0v) is 11.9. The predicted octanol–water partition coefficient (Wildman–Crippen LogP) is 3.88. The Balaban J connectivity index is 2.44. The number of hydrogen-bond donors (Lipinski definition) is 1. The Bertz CT molecular complexity index is 620. The molecule has 2 rings (SSSR count). The van der Waals surface area contributed by atoms with Crippen LogP contribution >= 0.6 is 15.9 Å². The van der Waals surface area contributed by atoms with Gasteiger partial charge in [-0.2, -0.15) is 0 Å². The van der Waals surface area contributed by atoms with Gasteiger partial charge in [-0.1, -0.05) is 23.8 Å². The summed E-state index contributed by atoms with van der Waals surface area (Å²) in [5.41, 5.74) is 9.87. The second kappa shape index (κ2) is 4.94. The Kier molecular flexibility index (Phi) is 3.53. The standard InChI is InChI=1S/C15H14BrNO/c1-9-3-5-12(10(2)7-9)15(18)11-4-6-14(17)13(16)8-11/h3-8H,17H2,1-2H3. The number of carbonyl (C=O) groups is 1. The first kappa shape index (κ1) is 12.8. The van der Waals surface area contributed by atoms with Crippen molar-refractivity contribution in [1.82, 2.24) is 0 Å². The number of nitrogens with two attached hydrogens (primary N) is 1. The fourth-order valence-corrected chi connectivity index (χ4v) is 2.27. The van der Waals surface area contributed by atoms with Crippen LogP contribution in [0.4, 0.5) is 5.69 Å². The fraction of sp³-hybridized carbons (Fsp3) is 0.133. The summed E-state index contributed by atoms with van der Waals surface area (Å²) in [5, 5.41) is 0. The van der Waals surface area contributed by atoms with E-state index in [1.165, 1.54) is 0 Å². The lowest BCUT2D eigenvalue weighted by molar-refractivity contribution is 0.103. The summed E-state index contributed by atoms with van der Waals surface area (Å²) < 4.78 is 0.748. The van der Waals surface area contributed by atoms with Crippen LogP contribution in [0.5, 0.6) is 0 Å². The third-order valence-electron chi connectivity index (χ3n) is 2.89. The minimum Gasteiger partial charge on any atom is -0.398 e. The molecule has 0 atom stereocenters. The number of benzene rings is 2. The summed E-state index contributed by atoms with van der Waals surface area (Å²) in [6, 6.07) is 11.1. The van der Waals surface area contributed by atoms with Crippen molar-refractivity contribution in [3.8, 4) is 0 Å². The minimum absolute atomic E-state index is 0.0215. The van der Waals surface area contributed by atoms with E-state index in [2.05, 4.69) is 15.9 Å². The molecule has 0 amide bonds. The molecule has 0 aliphatic rings. The van der Waals surface area contributed by atoms with Gasteiger partial charge < -0.3 is 5.73 Å². The second-order valence-electron chi connectivity index (χ2n) is 4.38. The van der Waals surface area contributed by atoms with Crippen molar-refractivity contribution in [1.29, 1.82) is 0 Å². The van der Waals surface area contributed by atoms with E-state index in [1.807, 2.05) is 32.0 Å². The molecule has 0 aliphatic carbocycles. The van der Waals surface area contributed by atoms with Crippen LogP contribution in [-0.4, -0.2) is 5.78 Å². The molecule has 2 aromatic carbocycles. The van der Waals surface area contributed by atoms with E-state index in [4.69, 9.17) is 5.73 Å². The molecule has 2 aromatic rings. The largest absolute Gasteiger partial charge is 0.398 e. The first-order valence-corrected chi connectivity index (χ1v) is 6.45. The highest BCUT2D eigenvalue weighted by Gasteiger charge is 2.12. The van der Waals surface area contributed by atoms with Crippen molar-refractivity contribution >= 4 is 27.4 Å². The highest BCUT2D eigenvalue weighted by atomic mass is 79.9. The smallest absolute Gasteiger partial charge is 0.193 e. The molecule has 0 radical (unpaired) electrons. The number of carbonyl (C=O) groups excluding carboxylic acids is 1. The van der Waals surface area contributed by atoms with E-state index in [9.17, 15) is 4.79 Å². The fourth-order valence-electron chi connectivity index (χ4n) is 1.89. The van der Waals surface area contributed by atoms with Gasteiger partial charge in [0.1, 0.15) is 0 Å². The number of ketones is 1. The minimum atomic E-state index is 0.0215. The SMILES string of the molecule is Cc1ccc(C(=O)c2ccc(N)c(Br)c2)c(C)c1. The molecule has 0 heterocycles. The summed E-state index contributed by atoms with van der Waals surface area (Å²) >= 11 is 3.34. The maximum Gasteiger partial charge on any atom is 0.193 e. The zero-order chi connectivity index (χ0) is 13.3. The van der Waals surface area contributed by atoms with Gasteiger partial charge in [-0.15, -0.1) is 0 Å². The van der Waals surface area contributed by atoms with E-state index in [1.54, 1.807) is 18.2 Å². The number of hydrogen-bond acceptors (Lipinski definition) is 2. The lowest BCUT2D eigenvalue weighted by atomic mass is 9.97. The third kappa shape index (κ3) is 2.46. The van der Waals surface area contributed by atoms with Crippen LogP contribution in [-0.2, 0) is 0 Å². The molecule has 0 spiro atoms. The number of rotatable bonds is 2. The molecular weight excluding hydrogens is 290 g/mol. The van der Waals surface area contributed by atoms with E-state index in [0.717, 1.165) is 21.2 Å². The van der Waals surface area contributed by atoms with Gasteiger partial charge in [0.15, 0.2) is 5.78 Å². The predicted molar refractivity (Wildman–Crippen MR) is 77.9 cm³/mol. The molecule has 0 saturated heterocycles. The average Bonchev–Trinajstić information content (AvgIpc) is 2.32. The maximum absolute atomic E-state index is 12.4. The van der Waals surface area contributed by atoms with Gasteiger partial charge >= 0.3 is 0 Å². The highest BCUT2D eigenvalue weighted by Crippen LogP contribution is 2.23. The molecule has 18 heavy (non-hydrogen) atoms. The molecule has 0 aromatic heterocycles. The van der Waals surface area contributed by atoms with Crippen LogP contribution in [0.1, 0.15) is 27.0 Å². The molecule has 2 nitrogen and oxygen atoms in total. The highest BCUT2D eigenvalue weighted by molar-refractivity contribution is 9.10. The van der Waals surface area contributed by atoms with Gasteiger partial charge in [0.25, 0.3) is 0 Å². The van der Waals surface area contributed by atoms with E-state index in [-0.39, 0.29) is 5.78 Å². The molecule has 3 heteroatoms. The normalized spacial score (nSPS) is 10.4. The Morgan fingerprint density at radius 1 is 1.11 bits per heavy atom. The van der Waals surface area contributed by atoms with E-state index < -0.39 is 0 Å². The molecule has 0 fully saturated rings. The van der Waals surface area contributed by atoms with E-state index >= 15 is 0 Å².